The van der Waals surface area contributed by atoms with E-state index in [-0.39, 0.29) is 0 Å². The molecule has 0 aromatic heterocycles. The van der Waals surface area contributed by atoms with Crippen LogP contribution in [0.4, 0.5) is 11.4 Å². The van der Waals surface area contributed by atoms with Crippen LogP contribution < -0.4 is 10.6 Å². The fraction of sp³-hybridized carbons (Fsp3) is 0.448. The molecule has 0 fully saturated rings. The Morgan fingerprint density at radius 3 is 1.31 bits per heavy atom. The Hall–Kier alpha value is -2.66. The van der Waals surface area contributed by atoms with Gasteiger partial charge in [0.15, 0.2) is 0 Å². The van der Waals surface area contributed by atoms with Crippen LogP contribution in [-0.4, -0.2) is 48.5 Å². The van der Waals surface area contributed by atoms with E-state index in [4.69, 9.17) is 0 Å². The second-order valence-corrected chi connectivity index (χ2v) is 14.6. The highest BCUT2D eigenvalue weighted by atomic mass is 32.2. The first-order chi connectivity index (χ1) is 17.9. The van der Waals surface area contributed by atoms with Gasteiger partial charge in [0, 0.05) is 22.5 Å². The predicted molar refractivity (Wildman–Crippen MR) is 159 cm³/mol. The Labute approximate surface area is 232 Å². The van der Waals surface area contributed by atoms with Gasteiger partial charge in [-0.2, -0.15) is 16.8 Å². The molecule has 2 aliphatic rings. The van der Waals surface area contributed by atoms with Crippen LogP contribution in [0.15, 0.2) is 36.4 Å². The van der Waals surface area contributed by atoms with Crippen LogP contribution in [-0.2, 0) is 39.5 Å². The van der Waals surface area contributed by atoms with Crippen molar-refractivity contribution in [2.24, 2.45) is 0 Å². The summed E-state index contributed by atoms with van der Waals surface area (Å²) in [6.45, 7) is 11.9. The van der Waals surface area contributed by atoms with Crippen molar-refractivity contribution in [1.82, 2.24) is 0 Å². The Morgan fingerprint density at radius 2 is 1.00 bits per heavy atom. The van der Waals surface area contributed by atoms with E-state index >= 15 is 0 Å². The number of hydrogen-bond donors (Lipinski definition) is 4. The number of nitrogens with one attached hydrogen (secondary N) is 2. The molecule has 2 heterocycles. The van der Waals surface area contributed by atoms with E-state index in [0.29, 0.717) is 17.6 Å². The summed E-state index contributed by atoms with van der Waals surface area (Å²) in [5.41, 5.74) is 7.54. The Bertz CT molecular complexity index is 1480. The van der Waals surface area contributed by atoms with Crippen LogP contribution in [0.2, 0.25) is 0 Å². The molecule has 0 saturated heterocycles. The molecule has 8 nitrogen and oxygen atoms in total. The third-order valence-corrected chi connectivity index (χ3v) is 8.53. The van der Waals surface area contributed by atoms with Crippen molar-refractivity contribution in [2.75, 3.05) is 22.1 Å². The van der Waals surface area contributed by atoms with E-state index in [1.165, 1.54) is 0 Å². The monoisotopic (exact) mass is 574 g/mol. The summed E-state index contributed by atoms with van der Waals surface area (Å²) in [4.78, 5) is 0. The number of fused-ring (bicyclic) bond motifs is 2. The lowest BCUT2D eigenvalue weighted by molar-refractivity contribution is 0.485. The molecular weight excluding hydrogens is 536 g/mol. The molecule has 4 rings (SSSR count). The molecule has 2 aromatic rings. The number of rotatable bonds is 8. The quantitative estimate of drug-likeness (QED) is 0.310. The molecule has 10 heteroatoms. The minimum absolute atomic E-state index is 0.472. The number of aryl methyl sites for hydroxylation is 2. The van der Waals surface area contributed by atoms with Crippen molar-refractivity contribution < 1.29 is 25.9 Å². The maximum absolute atomic E-state index is 11.8. The number of hydrogen-bond acceptors (Lipinski definition) is 6. The summed E-state index contributed by atoms with van der Waals surface area (Å²) >= 11 is 0. The molecule has 39 heavy (non-hydrogen) atoms. The average Bonchev–Trinajstić information content (AvgIpc) is 2.75. The summed E-state index contributed by atoms with van der Waals surface area (Å²) in [7, 11) is -8.47. The van der Waals surface area contributed by atoms with Gasteiger partial charge in [-0.25, -0.2) is 0 Å². The van der Waals surface area contributed by atoms with Crippen LogP contribution in [0.5, 0.6) is 0 Å². The van der Waals surface area contributed by atoms with Crippen molar-refractivity contribution in [2.45, 2.75) is 71.9 Å². The first kappa shape index (κ1) is 29.3. The summed E-state index contributed by atoms with van der Waals surface area (Å²) < 4.78 is 66.6. The highest BCUT2D eigenvalue weighted by Crippen LogP contribution is 2.40. The van der Waals surface area contributed by atoms with Crippen LogP contribution in [0, 0.1) is 0 Å². The van der Waals surface area contributed by atoms with Crippen molar-refractivity contribution >= 4 is 42.8 Å². The topological polar surface area (TPSA) is 133 Å². The van der Waals surface area contributed by atoms with Gasteiger partial charge in [-0.15, -0.1) is 0 Å². The molecule has 0 saturated carbocycles. The Balaban J connectivity index is 1.84. The van der Waals surface area contributed by atoms with Gasteiger partial charge in [0.1, 0.15) is 11.5 Å². The maximum Gasteiger partial charge on any atom is 0.269 e. The normalized spacial score (nSPS) is 17.7. The first-order valence-electron chi connectivity index (χ1n) is 13.1. The minimum atomic E-state index is -4.23. The molecule has 212 valence electrons. The zero-order valence-electron chi connectivity index (χ0n) is 23.3. The Morgan fingerprint density at radius 1 is 0.641 bits per heavy atom. The molecule has 0 bridgehead atoms. The molecule has 0 atom stereocenters. The van der Waals surface area contributed by atoms with Gasteiger partial charge in [0.2, 0.25) is 0 Å². The van der Waals surface area contributed by atoms with E-state index in [9.17, 15) is 25.9 Å². The lowest BCUT2D eigenvalue weighted by Gasteiger charge is -2.34. The van der Waals surface area contributed by atoms with Crippen molar-refractivity contribution in [3.8, 4) is 0 Å². The van der Waals surface area contributed by atoms with E-state index in [2.05, 4.69) is 36.6 Å². The van der Waals surface area contributed by atoms with Crippen LogP contribution in [0.3, 0.4) is 0 Å². The molecule has 2 aliphatic heterocycles. The van der Waals surface area contributed by atoms with E-state index in [0.717, 1.165) is 57.6 Å². The van der Waals surface area contributed by atoms with Crippen molar-refractivity contribution in [3.63, 3.8) is 0 Å². The van der Waals surface area contributed by atoms with Gasteiger partial charge in [0.05, 0.1) is 11.1 Å². The van der Waals surface area contributed by atoms with Crippen LogP contribution >= 0.6 is 0 Å². The summed E-state index contributed by atoms with van der Waals surface area (Å²) in [6.07, 6.45) is 5.76. The van der Waals surface area contributed by atoms with Gasteiger partial charge >= 0.3 is 0 Å². The minimum Gasteiger partial charge on any atom is -0.376 e. The molecule has 0 spiro atoms. The molecule has 2 aromatic carbocycles. The van der Waals surface area contributed by atoms with E-state index in [1.54, 1.807) is 0 Å². The third-order valence-electron chi connectivity index (χ3n) is 7.17. The molecule has 0 amide bonds. The second kappa shape index (κ2) is 10.1. The summed E-state index contributed by atoms with van der Waals surface area (Å²) in [6, 6.07) is 8.12. The van der Waals surface area contributed by atoms with Gasteiger partial charge in [0.25, 0.3) is 20.2 Å². The number of benzene rings is 2. The van der Waals surface area contributed by atoms with E-state index < -0.39 is 42.8 Å². The lowest BCUT2D eigenvalue weighted by atomic mass is 9.84. The Kier molecular flexibility index (Phi) is 7.57. The second-order valence-electron chi connectivity index (χ2n) is 11.7. The third kappa shape index (κ3) is 6.92. The van der Waals surface area contributed by atoms with Crippen molar-refractivity contribution in [3.05, 3.63) is 69.8 Å². The summed E-state index contributed by atoms with van der Waals surface area (Å²) in [5, 5.41) is 6.93. The average molecular weight is 575 g/mol. The smallest absolute Gasteiger partial charge is 0.269 e. The van der Waals surface area contributed by atoms with Gasteiger partial charge in [-0.1, -0.05) is 26.0 Å². The highest BCUT2D eigenvalue weighted by molar-refractivity contribution is 7.86. The van der Waals surface area contributed by atoms with Crippen LogP contribution in [0.25, 0.3) is 11.1 Å². The highest BCUT2D eigenvalue weighted by Gasteiger charge is 2.29. The number of anilines is 2. The van der Waals surface area contributed by atoms with Gasteiger partial charge in [-0.3, -0.25) is 9.11 Å². The molecule has 0 radical (unpaired) electrons. The standard InChI is InChI=1S/C29H38N2O6S2/c1-7-18-12-26-24(22(16-38(32,33)34)14-28(3,4)30-26)10-20(18)9-21-11-25-23(17-39(35,36)37)15-29(5,6)31-27(25)13-19(21)8-2/h10-15,30-31H,7-9,16-17H2,1-6H3,(H,32,33,34)(H,35,36,37). The summed E-state index contributed by atoms with van der Waals surface area (Å²) in [5.74, 6) is -0.944. The molecule has 0 unspecified atom stereocenters. The van der Waals surface area contributed by atoms with Crippen LogP contribution in [0.1, 0.15) is 74.9 Å². The SMILES string of the molecule is CCc1cc2c(cc1Cc1cc3c(cc1CC)NC(C)(C)C=C3CS(=O)(=O)O)C(CS(=O)(=O)O)=CC(C)(C)N2. The van der Waals surface area contributed by atoms with Gasteiger partial charge < -0.3 is 10.6 Å². The van der Waals surface area contributed by atoms with E-state index in [1.807, 2.05) is 52.0 Å². The molecule has 0 aliphatic carbocycles. The zero-order chi connectivity index (χ0) is 29.0. The molecule has 4 N–H and O–H groups in total. The molecular formula is C29H38N2O6S2. The van der Waals surface area contributed by atoms with Gasteiger partial charge in [-0.05, 0) is 105 Å². The van der Waals surface area contributed by atoms with Crippen molar-refractivity contribution in [1.29, 1.82) is 0 Å². The predicted octanol–water partition coefficient (Wildman–Crippen LogP) is 5.35. The first-order valence-corrected chi connectivity index (χ1v) is 16.3. The fourth-order valence-electron chi connectivity index (χ4n) is 5.73. The lowest BCUT2D eigenvalue weighted by Crippen LogP contribution is -2.33. The fourth-order valence-corrected chi connectivity index (χ4v) is 7.00. The zero-order valence-corrected chi connectivity index (χ0v) is 25.0. The largest absolute Gasteiger partial charge is 0.376 e. The maximum atomic E-state index is 11.8.